The van der Waals surface area contributed by atoms with Crippen LogP contribution in [-0.4, -0.2) is 48.7 Å². The molecule has 1 N–H and O–H groups in total. The number of anilines is 1. The second-order valence-corrected chi connectivity index (χ2v) is 7.26. The lowest BCUT2D eigenvalue weighted by atomic mass is 9.99. The number of fused-ring (bicyclic) bond motifs is 2. The average Bonchev–Trinajstić information content (AvgIpc) is 2.77. The molecular weight excluding hydrogens is 384 g/mol. The van der Waals surface area contributed by atoms with Crippen LogP contribution in [0.4, 0.5) is 11.5 Å². The smallest absolute Gasteiger partial charge is 0.270 e. The highest BCUT2D eigenvalue weighted by atomic mass is 16.6. The zero-order valence-corrected chi connectivity index (χ0v) is 17.1. The van der Waals surface area contributed by atoms with Crippen molar-refractivity contribution in [3.8, 4) is 11.5 Å². The van der Waals surface area contributed by atoms with Crippen LogP contribution < -0.4 is 14.8 Å². The number of benzene rings is 2. The number of pyridine rings is 1. The molecule has 0 aliphatic carbocycles. The van der Waals surface area contributed by atoms with Crippen LogP contribution in [0, 0.1) is 10.1 Å². The Morgan fingerprint density at radius 3 is 2.60 bits per heavy atom. The summed E-state index contributed by atoms with van der Waals surface area (Å²) in [5.74, 6) is 2.30. The maximum Gasteiger partial charge on any atom is 0.270 e. The van der Waals surface area contributed by atoms with Gasteiger partial charge in [-0.1, -0.05) is 0 Å². The molecule has 0 unspecified atom stereocenters. The Morgan fingerprint density at radius 2 is 1.87 bits per heavy atom. The molecule has 0 radical (unpaired) electrons. The van der Waals surface area contributed by atoms with Crippen LogP contribution in [0.3, 0.4) is 0 Å². The zero-order chi connectivity index (χ0) is 21.1. The van der Waals surface area contributed by atoms with Crippen LogP contribution in [0.1, 0.15) is 11.1 Å². The Labute approximate surface area is 174 Å². The van der Waals surface area contributed by atoms with E-state index in [0.29, 0.717) is 0 Å². The molecule has 1 aromatic heterocycles. The van der Waals surface area contributed by atoms with E-state index in [2.05, 4.69) is 27.3 Å². The first-order chi connectivity index (χ1) is 14.6. The summed E-state index contributed by atoms with van der Waals surface area (Å²) in [5, 5.41) is 15.0. The number of nitro groups is 1. The minimum absolute atomic E-state index is 0.0737. The highest BCUT2D eigenvalue weighted by Gasteiger charge is 2.19. The van der Waals surface area contributed by atoms with Gasteiger partial charge in [-0.05, 0) is 47.9 Å². The minimum atomic E-state index is -0.395. The SMILES string of the molecule is COc1cc2c(cc1OC)CN(CCNc1ccc3cc([N+](=O)[O-])ccc3n1)CC2. The van der Waals surface area contributed by atoms with Gasteiger partial charge in [0.05, 0.1) is 24.7 Å². The molecule has 0 spiro atoms. The molecule has 0 saturated heterocycles. The van der Waals surface area contributed by atoms with E-state index in [1.165, 1.54) is 17.2 Å². The number of nitro benzene ring substituents is 1. The fourth-order valence-corrected chi connectivity index (χ4v) is 3.80. The van der Waals surface area contributed by atoms with Gasteiger partial charge >= 0.3 is 0 Å². The number of methoxy groups -OCH3 is 2. The summed E-state index contributed by atoms with van der Waals surface area (Å²) in [6.07, 6.45) is 0.975. The van der Waals surface area contributed by atoms with Gasteiger partial charge in [0.1, 0.15) is 5.82 Å². The first kappa shape index (κ1) is 19.9. The van der Waals surface area contributed by atoms with E-state index in [4.69, 9.17) is 9.47 Å². The fourth-order valence-electron chi connectivity index (χ4n) is 3.80. The highest BCUT2D eigenvalue weighted by Crippen LogP contribution is 2.33. The molecule has 1 aliphatic rings. The lowest BCUT2D eigenvalue weighted by Gasteiger charge is -2.29. The van der Waals surface area contributed by atoms with Crippen molar-refractivity contribution >= 4 is 22.4 Å². The molecule has 1 aliphatic heterocycles. The van der Waals surface area contributed by atoms with Crippen molar-refractivity contribution in [1.82, 2.24) is 9.88 Å². The molecule has 0 bridgehead atoms. The molecule has 8 heteroatoms. The van der Waals surface area contributed by atoms with Gasteiger partial charge in [0.2, 0.25) is 0 Å². The summed E-state index contributed by atoms with van der Waals surface area (Å²) >= 11 is 0. The topological polar surface area (TPSA) is 89.8 Å². The van der Waals surface area contributed by atoms with E-state index < -0.39 is 4.92 Å². The lowest BCUT2D eigenvalue weighted by Crippen LogP contribution is -2.34. The van der Waals surface area contributed by atoms with Crippen molar-refractivity contribution < 1.29 is 14.4 Å². The standard InChI is InChI=1S/C22H24N4O4/c1-29-20-12-15-7-9-25(14-17(15)13-21(20)30-2)10-8-23-22-6-3-16-11-18(26(27)28)4-5-19(16)24-22/h3-6,11-13H,7-10,14H2,1-2H3,(H,23,24). The number of rotatable bonds is 7. The summed E-state index contributed by atoms with van der Waals surface area (Å²) in [6.45, 7) is 3.49. The third-order valence-corrected chi connectivity index (χ3v) is 5.41. The number of hydrogen-bond acceptors (Lipinski definition) is 7. The normalized spacial score (nSPS) is 13.7. The van der Waals surface area contributed by atoms with E-state index in [0.717, 1.165) is 60.8 Å². The van der Waals surface area contributed by atoms with E-state index in [1.54, 1.807) is 26.4 Å². The number of nitrogens with zero attached hydrogens (tertiary/aromatic N) is 3. The summed E-state index contributed by atoms with van der Waals surface area (Å²) < 4.78 is 10.8. The Bertz CT molecular complexity index is 1090. The first-order valence-corrected chi connectivity index (χ1v) is 9.82. The maximum atomic E-state index is 10.9. The van der Waals surface area contributed by atoms with Crippen LogP contribution in [-0.2, 0) is 13.0 Å². The highest BCUT2D eigenvalue weighted by molar-refractivity contribution is 5.82. The molecule has 8 nitrogen and oxygen atoms in total. The quantitative estimate of drug-likeness (QED) is 0.472. The summed E-state index contributed by atoms with van der Waals surface area (Å²) in [5.41, 5.74) is 3.38. The molecule has 4 rings (SSSR count). The summed E-state index contributed by atoms with van der Waals surface area (Å²) in [4.78, 5) is 17.5. The van der Waals surface area contributed by atoms with Crippen LogP contribution in [0.15, 0.2) is 42.5 Å². The monoisotopic (exact) mass is 408 g/mol. The fraction of sp³-hybridized carbons (Fsp3) is 0.318. The van der Waals surface area contributed by atoms with Gasteiger partial charge < -0.3 is 14.8 Å². The number of hydrogen-bond donors (Lipinski definition) is 1. The maximum absolute atomic E-state index is 10.9. The molecule has 0 amide bonds. The second kappa shape index (κ2) is 8.54. The minimum Gasteiger partial charge on any atom is -0.493 e. The van der Waals surface area contributed by atoms with E-state index >= 15 is 0 Å². The average molecular weight is 408 g/mol. The Balaban J connectivity index is 1.37. The van der Waals surface area contributed by atoms with Crippen LogP contribution in [0.2, 0.25) is 0 Å². The summed E-state index contributed by atoms with van der Waals surface area (Å²) in [7, 11) is 3.32. The number of nitrogens with one attached hydrogen (secondary N) is 1. The van der Waals surface area contributed by atoms with Crippen molar-refractivity contribution in [1.29, 1.82) is 0 Å². The van der Waals surface area contributed by atoms with Crippen molar-refractivity contribution in [2.24, 2.45) is 0 Å². The largest absolute Gasteiger partial charge is 0.493 e. The lowest BCUT2D eigenvalue weighted by molar-refractivity contribution is -0.384. The van der Waals surface area contributed by atoms with Gasteiger partial charge in [-0.25, -0.2) is 4.98 Å². The van der Waals surface area contributed by atoms with Crippen molar-refractivity contribution in [3.63, 3.8) is 0 Å². The van der Waals surface area contributed by atoms with E-state index in [9.17, 15) is 10.1 Å². The van der Waals surface area contributed by atoms with E-state index in [-0.39, 0.29) is 5.69 Å². The van der Waals surface area contributed by atoms with E-state index in [1.807, 2.05) is 12.1 Å². The third kappa shape index (κ3) is 4.13. The van der Waals surface area contributed by atoms with Gasteiger partial charge in [0.15, 0.2) is 11.5 Å². The second-order valence-electron chi connectivity index (χ2n) is 7.26. The van der Waals surface area contributed by atoms with Crippen LogP contribution in [0.25, 0.3) is 10.9 Å². The Morgan fingerprint density at radius 1 is 1.10 bits per heavy atom. The molecule has 156 valence electrons. The molecule has 2 aromatic carbocycles. The molecule has 0 saturated carbocycles. The van der Waals surface area contributed by atoms with Gasteiger partial charge in [0.25, 0.3) is 5.69 Å². The summed E-state index contributed by atoms with van der Waals surface area (Å²) in [6, 6.07) is 12.6. The van der Waals surface area contributed by atoms with Crippen molar-refractivity contribution in [3.05, 3.63) is 63.7 Å². The third-order valence-electron chi connectivity index (χ3n) is 5.41. The number of non-ortho nitro benzene ring substituents is 1. The van der Waals surface area contributed by atoms with Crippen LogP contribution in [0.5, 0.6) is 11.5 Å². The van der Waals surface area contributed by atoms with Crippen molar-refractivity contribution in [2.45, 2.75) is 13.0 Å². The van der Waals surface area contributed by atoms with Gasteiger partial charge in [0, 0.05) is 43.7 Å². The molecule has 3 aromatic rings. The van der Waals surface area contributed by atoms with Gasteiger partial charge in [-0.3, -0.25) is 15.0 Å². The molecule has 30 heavy (non-hydrogen) atoms. The van der Waals surface area contributed by atoms with Crippen LogP contribution >= 0.6 is 0 Å². The molecule has 0 fully saturated rings. The number of aromatic nitrogens is 1. The Hall–Kier alpha value is -3.39. The van der Waals surface area contributed by atoms with Gasteiger partial charge in [-0.15, -0.1) is 0 Å². The molecule has 0 atom stereocenters. The van der Waals surface area contributed by atoms with Crippen molar-refractivity contribution in [2.75, 3.05) is 39.2 Å². The number of ether oxygens (including phenoxy) is 2. The molecule has 2 heterocycles. The molecular formula is C22H24N4O4. The van der Waals surface area contributed by atoms with Gasteiger partial charge in [-0.2, -0.15) is 0 Å². The zero-order valence-electron chi connectivity index (χ0n) is 17.1. The Kier molecular flexibility index (Phi) is 5.67. The first-order valence-electron chi connectivity index (χ1n) is 9.82. The predicted molar refractivity (Wildman–Crippen MR) is 115 cm³/mol. The predicted octanol–water partition coefficient (Wildman–Crippen LogP) is 3.63.